The van der Waals surface area contributed by atoms with E-state index in [1.165, 1.54) is 0 Å². The summed E-state index contributed by atoms with van der Waals surface area (Å²) in [6.07, 6.45) is 0. The van der Waals surface area contributed by atoms with Gasteiger partial charge in [0.1, 0.15) is 16.5 Å². The monoisotopic (exact) mass is 449 g/mol. The van der Waals surface area contributed by atoms with Crippen molar-refractivity contribution < 1.29 is 14.3 Å². The van der Waals surface area contributed by atoms with Gasteiger partial charge in [-0.05, 0) is 72.9 Å². The number of anilines is 1. The number of hydrogen-bond donors (Lipinski definition) is 2. The third-order valence-corrected chi connectivity index (χ3v) is 5.66. The molecule has 1 aromatic heterocycles. The summed E-state index contributed by atoms with van der Waals surface area (Å²) in [6, 6.07) is 22.8. The van der Waals surface area contributed by atoms with E-state index in [1.807, 2.05) is 42.5 Å². The number of nitrogens with one attached hydrogen (secondary N) is 2. The van der Waals surface area contributed by atoms with Gasteiger partial charge in [-0.25, -0.2) is 4.98 Å². The number of thiocarbonyl (C=S) groups is 1. The molecule has 31 heavy (non-hydrogen) atoms. The Morgan fingerprint density at radius 2 is 1.71 bits per heavy atom. The van der Waals surface area contributed by atoms with Crippen molar-refractivity contribution in [2.75, 3.05) is 19.0 Å². The number of aromatic nitrogens is 1. The number of benzene rings is 3. The largest absolute Gasteiger partial charge is 0.497 e. The molecule has 4 aromatic rings. The number of fused-ring (bicyclic) bond motifs is 1. The number of amides is 1. The fraction of sp³-hybridized carbons (Fsp3) is 0.0870. The van der Waals surface area contributed by atoms with Gasteiger partial charge in [0.15, 0.2) is 11.7 Å². The van der Waals surface area contributed by atoms with Crippen molar-refractivity contribution in [3.63, 3.8) is 0 Å². The molecule has 0 saturated carbocycles. The van der Waals surface area contributed by atoms with Crippen LogP contribution < -0.4 is 20.1 Å². The normalized spacial score (nSPS) is 10.5. The molecule has 0 aliphatic heterocycles. The van der Waals surface area contributed by atoms with Gasteiger partial charge < -0.3 is 14.8 Å². The first-order chi connectivity index (χ1) is 15.1. The van der Waals surface area contributed by atoms with E-state index in [0.29, 0.717) is 5.75 Å². The molecule has 0 radical (unpaired) electrons. The van der Waals surface area contributed by atoms with Gasteiger partial charge in [-0.1, -0.05) is 12.1 Å². The van der Waals surface area contributed by atoms with Crippen LogP contribution in [0.2, 0.25) is 0 Å². The van der Waals surface area contributed by atoms with Crippen molar-refractivity contribution in [3.05, 3.63) is 72.8 Å². The number of carbonyl (C=O) groups excluding carboxylic acids is 1. The van der Waals surface area contributed by atoms with Crippen LogP contribution in [0, 0.1) is 0 Å². The van der Waals surface area contributed by atoms with Crippen LogP contribution >= 0.6 is 23.6 Å². The molecule has 0 saturated heterocycles. The zero-order valence-corrected chi connectivity index (χ0v) is 18.3. The number of thiazole rings is 1. The Morgan fingerprint density at radius 1 is 1.00 bits per heavy atom. The van der Waals surface area contributed by atoms with Gasteiger partial charge in [0.05, 0.1) is 17.3 Å². The summed E-state index contributed by atoms with van der Waals surface area (Å²) >= 11 is 6.87. The van der Waals surface area contributed by atoms with Gasteiger partial charge >= 0.3 is 0 Å². The highest BCUT2D eigenvalue weighted by Gasteiger charge is 2.08. The molecule has 6 nitrogen and oxygen atoms in total. The van der Waals surface area contributed by atoms with E-state index < -0.39 is 0 Å². The summed E-state index contributed by atoms with van der Waals surface area (Å²) in [7, 11) is 1.59. The summed E-state index contributed by atoms with van der Waals surface area (Å²) in [5.41, 5.74) is 2.78. The second kappa shape index (κ2) is 9.55. The second-order valence-electron chi connectivity index (χ2n) is 6.53. The number of carbonyl (C=O) groups is 1. The number of rotatable bonds is 6. The molecule has 0 atom stereocenters. The predicted molar refractivity (Wildman–Crippen MR) is 128 cm³/mol. The lowest BCUT2D eigenvalue weighted by Gasteiger charge is -2.11. The Kier molecular flexibility index (Phi) is 6.40. The van der Waals surface area contributed by atoms with Crippen LogP contribution in [0.3, 0.4) is 0 Å². The van der Waals surface area contributed by atoms with Gasteiger partial charge in [-0.15, -0.1) is 11.3 Å². The van der Waals surface area contributed by atoms with Gasteiger partial charge in [0.2, 0.25) is 0 Å². The van der Waals surface area contributed by atoms with Crippen LogP contribution in [-0.2, 0) is 4.79 Å². The number of nitrogens with zero attached hydrogens (tertiary/aromatic N) is 1. The van der Waals surface area contributed by atoms with Crippen molar-refractivity contribution >= 4 is 50.5 Å². The molecule has 1 heterocycles. The fourth-order valence-corrected chi connectivity index (χ4v) is 4.04. The van der Waals surface area contributed by atoms with E-state index in [2.05, 4.69) is 21.7 Å². The SMILES string of the molecule is COc1ccc(OCC(=O)NC(=S)Nc2ccc(-c3nc4ccccc4s3)cc2)cc1. The van der Waals surface area contributed by atoms with Gasteiger partial charge in [-0.3, -0.25) is 10.1 Å². The molecule has 3 aromatic carbocycles. The minimum absolute atomic E-state index is 0.148. The van der Waals surface area contributed by atoms with E-state index in [0.717, 1.165) is 32.2 Å². The van der Waals surface area contributed by atoms with E-state index in [1.54, 1.807) is 42.7 Å². The summed E-state index contributed by atoms with van der Waals surface area (Å²) in [4.78, 5) is 16.7. The Balaban J connectivity index is 1.29. The number of ether oxygens (including phenoxy) is 2. The van der Waals surface area contributed by atoms with E-state index in [-0.39, 0.29) is 17.6 Å². The minimum atomic E-state index is -0.348. The van der Waals surface area contributed by atoms with Crippen LogP contribution in [0.1, 0.15) is 0 Å². The highest BCUT2D eigenvalue weighted by atomic mass is 32.1. The first-order valence-electron chi connectivity index (χ1n) is 9.44. The van der Waals surface area contributed by atoms with Crippen molar-refractivity contribution in [1.29, 1.82) is 0 Å². The predicted octanol–water partition coefficient (Wildman–Crippen LogP) is 4.86. The van der Waals surface area contributed by atoms with Crippen LogP contribution in [0.15, 0.2) is 72.8 Å². The zero-order valence-electron chi connectivity index (χ0n) is 16.6. The Hall–Kier alpha value is -3.49. The van der Waals surface area contributed by atoms with Crippen molar-refractivity contribution in [2.45, 2.75) is 0 Å². The first kappa shape index (κ1) is 20.8. The number of para-hydroxylation sites is 1. The molecule has 0 aliphatic rings. The van der Waals surface area contributed by atoms with E-state index >= 15 is 0 Å². The third-order valence-electron chi connectivity index (χ3n) is 4.37. The smallest absolute Gasteiger partial charge is 0.264 e. The van der Waals surface area contributed by atoms with Crippen molar-refractivity contribution in [2.24, 2.45) is 0 Å². The maximum atomic E-state index is 12.1. The summed E-state index contributed by atoms with van der Waals surface area (Å²) in [5.74, 6) is 0.941. The average molecular weight is 450 g/mol. The molecule has 0 aliphatic carbocycles. The second-order valence-corrected chi connectivity index (χ2v) is 7.97. The van der Waals surface area contributed by atoms with Crippen LogP contribution in [0.25, 0.3) is 20.8 Å². The number of methoxy groups -OCH3 is 1. The maximum absolute atomic E-state index is 12.1. The van der Waals surface area contributed by atoms with Crippen LogP contribution in [0.4, 0.5) is 5.69 Å². The molecule has 2 N–H and O–H groups in total. The molecular weight excluding hydrogens is 430 g/mol. The lowest BCUT2D eigenvalue weighted by molar-refractivity contribution is -0.121. The standard InChI is InChI=1S/C23H19N3O3S2/c1-28-17-10-12-18(13-11-17)29-14-21(27)26-23(30)24-16-8-6-15(7-9-16)22-25-19-4-2-3-5-20(19)31-22/h2-13H,14H2,1H3,(H2,24,26,27,30). The highest BCUT2D eigenvalue weighted by Crippen LogP contribution is 2.30. The molecule has 1 amide bonds. The summed E-state index contributed by atoms with van der Waals surface area (Å²) in [5, 5.41) is 6.77. The quantitative estimate of drug-likeness (QED) is 0.410. The van der Waals surface area contributed by atoms with Crippen molar-refractivity contribution in [3.8, 4) is 22.1 Å². The van der Waals surface area contributed by atoms with Gasteiger partial charge in [0.25, 0.3) is 5.91 Å². The molecule has 156 valence electrons. The average Bonchev–Trinajstić information content (AvgIpc) is 3.23. The molecule has 8 heteroatoms. The zero-order chi connectivity index (χ0) is 21.6. The summed E-state index contributed by atoms with van der Waals surface area (Å²) in [6.45, 7) is -0.148. The molecule has 0 spiro atoms. The fourth-order valence-electron chi connectivity index (χ4n) is 2.84. The topological polar surface area (TPSA) is 72.5 Å². The molecular formula is C23H19N3O3S2. The number of hydrogen-bond acceptors (Lipinski definition) is 6. The van der Waals surface area contributed by atoms with Gasteiger partial charge in [0, 0.05) is 11.3 Å². The van der Waals surface area contributed by atoms with E-state index in [4.69, 9.17) is 21.7 Å². The summed E-state index contributed by atoms with van der Waals surface area (Å²) < 4.78 is 11.7. The van der Waals surface area contributed by atoms with Crippen LogP contribution in [0.5, 0.6) is 11.5 Å². The first-order valence-corrected chi connectivity index (χ1v) is 10.7. The minimum Gasteiger partial charge on any atom is -0.497 e. The molecule has 0 fully saturated rings. The third kappa shape index (κ3) is 5.36. The lowest BCUT2D eigenvalue weighted by atomic mass is 10.2. The van der Waals surface area contributed by atoms with E-state index in [9.17, 15) is 4.79 Å². The Labute approximate surface area is 188 Å². The van der Waals surface area contributed by atoms with Crippen molar-refractivity contribution in [1.82, 2.24) is 10.3 Å². The highest BCUT2D eigenvalue weighted by molar-refractivity contribution is 7.80. The Bertz CT molecular complexity index is 1170. The van der Waals surface area contributed by atoms with Crippen LogP contribution in [-0.4, -0.2) is 29.7 Å². The maximum Gasteiger partial charge on any atom is 0.264 e. The molecule has 4 rings (SSSR count). The Morgan fingerprint density at radius 3 is 2.42 bits per heavy atom. The molecule has 0 unspecified atom stereocenters. The lowest BCUT2D eigenvalue weighted by Crippen LogP contribution is -2.37. The van der Waals surface area contributed by atoms with Gasteiger partial charge in [-0.2, -0.15) is 0 Å². The molecule has 0 bridgehead atoms.